The smallest absolute Gasteiger partial charge is 0.259 e. The van der Waals surface area contributed by atoms with Crippen molar-refractivity contribution in [2.45, 2.75) is 0 Å². The van der Waals surface area contributed by atoms with E-state index >= 15 is 4.39 Å². The number of halogens is 3. The van der Waals surface area contributed by atoms with E-state index in [-0.39, 0.29) is 16.8 Å². The largest absolute Gasteiger partial charge is 0.351 e. The van der Waals surface area contributed by atoms with Crippen LogP contribution in [-0.4, -0.2) is 20.9 Å². The summed E-state index contributed by atoms with van der Waals surface area (Å²) in [6.45, 7) is 0. The Morgan fingerprint density at radius 2 is 2.15 bits per heavy atom. The number of H-pyrrole nitrogens is 1. The van der Waals surface area contributed by atoms with Gasteiger partial charge in [-0.3, -0.25) is 10.1 Å². The molecule has 3 N–H and O–H groups in total. The SMILES string of the molecule is O=C(Nc1nccs1)c1cc2[nH]cnc2c(F)c1Nc1ccc(Br)cc1Cl. The summed E-state index contributed by atoms with van der Waals surface area (Å²) in [4.78, 5) is 23.6. The molecule has 4 rings (SSSR count). The lowest BCUT2D eigenvalue weighted by Gasteiger charge is -2.14. The number of hydrogen-bond donors (Lipinski definition) is 3. The first-order valence-corrected chi connectivity index (χ1v) is 9.66. The molecule has 0 saturated carbocycles. The van der Waals surface area contributed by atoms with Gasteiger partial charge in [0, 0.05) is 16.0 Å². The number of nitrogens with one attached hydrogen (secondary N) is 3. The molecule has 2 aromatic carbocycles. The van der Waals surface area contributed by atoms with Crippen molar-refractivity contribution < 1.29 is 9.18 Å². The van der Waals surface area contributed by atoms with Crippen LogP contribution in [-0.2, 0) is 0 Å². The molecular formula is C17H10BrClFN5OS. The third-order valence-corrected chi connectivity index (χ3v) is 5.24. The number of aromatic amines is 1. The molecule has 1 amide bonds. The van der Waals surface area contributed by atoms with Gasteiger partial charge >= 0.3 is 0 Å². The third kappa shape index (κ3) is 3.53. The van der Waals surface area contributed by atoms with Gasteiger partial charge < -0.3 is 10.3 Å². The first kappa shape index (κ1) is 17.9. The van der Waals surface area contributed by atoms with Gasteiger partial charge in [0.05, 0.1) is 33.8 Å². The van der Waals surface area contributed by atoms with Crippen molar-refractivity contribution in [1.29, 1.82) is 0 Å². The van der Waals surface area contributed by atoms with Crippen molar-refractivity contribution in [1.82, 2.24) is 15.0 Å². The molecule has 0 saturated heterocycles. The summed E-state index contributed by atoms with van der Waals surface area (Å²) < 4.78 is 15.9. The van der Waals surface area contributed by atoms with Crippen LogP contribution in [0.4, 0.5) is 20.9 Å². The van der Waals surface area contributed by atoms with Crippen LogP contribution in [0.5, 0.6) is 0 Å². The van der Waals surface area contributed by atoms with Crippen LogP contribution in [0.1, 0.15) is 10.4 Å². The van der Waals surface area contributed by atoms with Gasteiger partial charge in [-0.2, -0.15) is 0 Å². The van der Waals surface area contributed by atoms with E-state index in [1.165, 1.54) is 23.7 Å². The number of hydrogen-bond acceptors (Lipinski definition) is 5. The molecule has 2 heterocycles. The minimum atomic E-state index is -0.656. The van der Waals surface area contributed by atoms with E-state index in [2.05, 4.69) is 41.5 Å². The first-order valence-electron chi connectivity index (χ1n) is 7.61. The van der Waals surface area contributed by atoms with Crippen molar-refractivity contribution in [2.75, 3.05) is 10.6 Å². The fraction of sp³-hybridized carbons (Fsp3) is 0. The van der Waals surface area contributed by atoms with Crippen molar-refractivity contribution >= 4 is 72.3 Å². The molecule has 0 aliphatic heterocycles. The maximum absolute atomic E-state index is 15.1. The quantitative estimate of drug-likeness (QED) is 0.367. The normalized spacial score (nSPS) is 10.9. The number of imidazole rings is 1. The van der Waals surface area contributed by atoms with Gasteiger partial charge in [0.15, 0.2) is 10.9 Å². The second kappa shape index (κ2) is 7.26. The maximum atomic E-state index is 15.1. The highest BCUT2D eigenvalue weighted by Gasteiger charge is 2.22. The Kier molecular flexibility index (Phi) is 4.81. The maximum Gasteiger partial charge on any atom is 0.259 e. The lowest BCUT2D eigenvalue weighted by molar-refractivity contribution is 0.102. The molecule has 27 heavy (non-hydrogen) atoms. The average molecular weight is 467 g/mol. The Morgan fingerprint density at radius 3 is 2.89 bits per heavy atom. The van der Waals surface area contributed by atoms with E-state index in [0.717, 1.165) is 4.47 Å². The van der Waals surface area contributed by atoms with E-state index in [1.807, 2.05) is 0 Å². The summed E-state index contributed by atoms with van der Waals surface area (Å²) in [5.41, 5.74) is 1.06. The fourth-order valence-corrected chi connectivity index (χ4v) is 3.76. The van der Waals surface area contributed by atoms with Crippen LogP contribution in [0.15, 0.2) is 46.6 Å². The number of benzene rings is 2. The monoisotopic (exact) mass is 465 g/mol. The van der Waals surface area contributed by atoms with E-state index in [4.69, 9.17) is 11.6 Å². The van der Waals surface area contributed by atoms with Gasteiger partial charge in [0.25, 0.3) is 5.91 Å². The number of carbonyl (C=O) groups is 1. The van der Waals surface area contributed by atoms with Crippen LogP contribution in [0.25, 0.3) is 11.0 Å². The molecule has 0 aliphatic carbocycles. The lowest BCUT2D eigenvalue weighted by Crippen LogP contribution is -2.15. The van der Waals surface area contributed by atoms with E-state index < -0.39 is 11.7 Å². The van der Waals surface area contributed by atoms with Gasteiger partial charge in [-0.25, -0.2) is 14.4 Å². The zero-order valence-corrected chi connectivity index (χ0v) is 16.5. The molecule has 0 atom stereocenters. The molecule has 0 aliphatic rings. The van der Waals surface area contributed by atoms with Crippen molar-refractivity contribution in [3.63, 3.8) is 0 Å². The van der Waals surface area contributed by atoms with Gasteiger partial charge in [-0.1, -0.05) is 27.5 Å². The number of anilines is 3. The van der Waals surface area contributed by atoms with Crippen LogP contribution < -0.4 is 10.6 Å². The summed E-state index contributed by atoms with van der Waals surface area (Å²) >= 11 is 10.8. The van der Waals surface area contributed by atoms with Crippen molar-refractivity contribution in [3.8, 4) is 0 Å². The topological polar surface area (TPSA) is 82.7 Å². The Bertz CT molecular complexity index is 1150. The predicted octanol–water partition coefficient (Wildman–Crippen LogP) is 5.57. The highest BCUT2D eigenvalue weighted by Crippen LogP contribution is 2.34. The second-order valence-corrected chi connectivity index (χ2v) is 7.67. The Balaban J connectivity index is 1.81. The molecule has 4 aromatic rings. The van der Waals surface area contributed by atoms with Crippen LogP contribution in [0, 0.1) is 5.82 Å². The molecule has 0 fully saturated rings. The van der Waals surface area contributed by atoms with Gasteiger partial charge in [0.2, 0.25) is 0 Å². The first-order chi connectivity index (χ1) is 13.0. The van der Waals surface area contributed by atoms with Gasteiger partial charge in [-0.05, 0) is 24.3 Å². The zero-order valence-electron chi connectivity index (χ0n) is 13.4. The molecule has 6 nitrogen and oxygen atoms in total. The minimum absolute atomic E-state index is 0.0205. The van der Waals surface area contributed by atoms with Crippen molar-refractivity contribution in [2.24, 2.45) is 0 Å². The number of nitrogens with zero attached hydrogens (tertiary/aromatic N) is 2. The van der Waals surface area contributed by atoms with Crippen molar-refractivity contribution in [3.05, 3.63) is 63.0 Å². The molecule has 0 spiro atoms. The summed E-state index contributed by atoms with van der Waals surface area (Å²) in [5.74, 6) is -1.16. The summed E-state index contributed by atoms with van der Waals surface area (Å²) in [6, 6.07) is 6.64. The molecule has 10 heteroatoms. The summed E-state index contributed by atoms with van der Waals surface area (Å²) in [6.07, 6.45) is 2.94. The summed E-state index contributed by atoms with van der Waals surface area (Å²) in [5, 5.41) is 8.10. The van der Waals surface area contributed by atoms with Gasteiger partial charge in [0.1, 0.15) is 5.52 Å². The third-order valence-electron chi connectivity index (χ3n) is 3.74. The van der Waals surface area contributed by atoms with E-state index in [1.54, 1.807) is 29.8 Å². The predicted molar refractivity (Wildman–Crippen MR) is 109 cm³/mol. The van der Waals surface area contributed by atoms with Crippen LogP contribution >= 0.6 is 38.9 Å². The molecular weight excluding hydrogens is 457 g/mol. The Labute approximate surface area is 169 Å². The molecule has 0 unspecified atom stereocenters. The average Bonchev–Trinajstić information content (AvgIpc) is 3.30. The van der Waals surface area contributed by atoms with Crippen LogP contribution in [0.2, 0.25) is 5.02 Å². The highest BCUT2D eigenvalue weighted by molar-refractivity contribution is 9.10. The Hall–Kier alpha value is -2.49. The van der Waals surface area contributed by atoms with E-state index in [9.17, 15) is 4.79 Å². The number of fused-ring (bicyclic) bond motifs is 1. The minimum Gasteiger partial charge on any atom is -0.351 e. The number of thiazole rings is 1. The molecule has 2 aromatic heterocycles. The number of aromatic nitrogens is 3. The van der Waals surface area contributed by atoms with Gasteiger partial charge in [-0.15, -0.1) is 11.3 Å². The lowest BCUT2D eigenvalue weighted by atomic mass is 10.1. The molecule has 136 valence electrons. The highest BCUT2D eigenvalue weighted by atomic mass is 79.9. The molecule has 0 radical (unpaired) electrons. The Morgan fingerprint density at radius 1 is 1.30 bits per heavy atom. The van der Waals surface area contributed by atoms with Crippen LogP contribution in [0.3, 0.4) is 0 Å². The summed E-state index contributed by atoms with van der Waals surface area (Å²) in [7, 11) is 0. The number of rotatable bonds is 4. The second-order valence-electron chi connectivity index (χ2n) is 5.45. The zero-order chi connectivity index (χ0) is 19.0. The number of amides is 1. The van der Waals surface area contributed by atoms with E-state index in [0.29, 0.717) is 21.4 Å². The standard InChI is InChI=1S/C17H10BrClFN5OS/c18-8-1-2-11(10(19)5-8)24-14-9(16(26)25-17-21-3-4-27-17)6-12-15(13(14)20)23-7-22-12/h1-7,24H,(H,22,23)(H,21,25,26). The molecule has 0 bridgehead atoms. The number of carbonyl (C=O) groups excluding carboxylic acids is 1. The fourth-order valence-electron chi connectivity index (χ4n) is 2.52.